The van der Waals surface area contributed by atoms with Gasteiger partial charge in [-0.05, 0) is 55.2 Å². The van der Waals surface area contributed by atoms with Crippen LogP contribution in [0.15, 0.2) is 78.9 Å². The largest absolute Gasteiger partial charge is 0.491 e. The van der Waals surface area contributed by atoms with Crippen LogP contribution in [0.3, 0.4) is 0 Å². The zero-order valence-corrected chi connectivity index (χ0v) is 22.2. The number of ether oxygens (including phenoxy) is 4. The third-order valence-electron chi connectivity index (χ3n) is 6.22. The van der Waals surface area contributed by atoms with E-state index in [-0.39, 0.29) is 31.8 Å². The maximum atomic E-state index is 13.0. The fourth-order valence-electron chi connectivity index (χ4n) is 4.21. The first-order chi connectivity index (χ1) is 19.4. The summed E-state index contributed by atoms with van der Waals surface area (Å²) >= 11 is 0. The number of nitrogens with one attached hydrogen (secondary N) is 2. The Labute approximate surface area is 232 Å². The number of hydrogen-bond donors (Lipinski definition) is 4. The molecule has 1 heterocycles. The summed E-state index contributed by atoms with van der Waals surface area (Å²) in [6.45, 7) is 2.04. The number of carbonyl (C=O) groups excluding carboxylic acids is 2. The second kappa shape index (κ2) is 13.9. The highest BCUT2D eigenvalue weighted by atomic mass is 16.7. The van der Waals surface area contributed by atoms with Gasteiger partial charge in [0.1, 0.15) is 18.5 Å². The van der Waals surface area contributed by atoms with E-state index in [2.05, 4.69) is 10.6 Å². The van der Waals surface area contributed by atoms with Crippen molar-refractivity contribution < 1.29 is 33.6 Å². The summed E-state index contributed by atoms with van der Waals surface area (Å²) in [5, 5.41) is 14.8. The van der Waals surface area contributed by atoms with Gasteiger partial charge in [-0.1, -0.05) is 43.3 Å². The van der Waals surface area contributed by atoms with Crippen molar-refractivity contribution >= 4 is 29.1 Å². The summed E-state index contributed by atoms with van der Waals surface area (Å²) in [7, 11) is 0. The average Bonchev–Trinajstić information content (AvgIpc) is 3.42. The molecule has 0 unspecified atom stereocenters. The molecule has 0 saturated heterocycles. The lowest BCUT2D eigenvalue weighted by molar-refractivity contribution is -0.111. The van der Waals surface area contributed by atoms with Gasteiger partial charge in [0.15, 0.2) is 11.5 Å². The first-order valence-corrected chi connectivity index (χ1v) is 13.0. The number of para-hydroxylation sites is 3. The molecular formula is C30H33N3O7. The van der Waals surface area contributed by atoms with Gasteiger partial charge in [-0.15, -0.1) is 0 Å². The van der Waals surface area contributed by atoms with E-state index in [0.29, 0.717) is 52.7 Å². The average molecular weight is 548 g/mol. The summed E-state index contributed by atoms with van der Waals surface area (Å²) in [5.74, 6) is 1.22. The number of benzene rings is 3. The fraction of sp³-hybridized carbons (Fsp3) is 0.267. The number of hydrogen-bond acceptors (Lipinski definition) is 8. The van der Waals surface area contributed by atoms with E-state index in [1.165, 1.54) is 6.08 Å². The number of aliphatic hydroxyl groups excluding tert-OH is 1. The number of nitrogens with two attached hydrogens (primary N) is 1. The zero-order valence-electron chi connectivity index (χ0n) is 22.2. The van der Waals surface area contributed by atoms with Crippen LogP contribution in [0, 0.1) is 5.92 Å². The normalized spacial score (nSPS) is 13.4. The number of fused-ring (bicyclic) bond motifs is 1. The van der Waals surface area contributed by atoms with E-state index in [4.69, 9.17) is 24.7 Å². The van der Waals surface area contributed by atoms with Gasteiger partial charge in [-0.3, -0.25) is 10.1 Å². The predicted octanol–water partition coefficient (Wildman–Crippen LogP) is 5.27. The van der Waals surface area contributed by atoms with E-state index in [1.807, 2.05) is 25.1 Å². The molecule has 10 heteroatoms. The molecule has 3 aromatic carbocycles. The standard InChI is InChI=1S/C30H33N3O7/c1-20(8-2-7-13-28(35)33-24-11-5-4-10-23(24)31)29(22-9-3-6-12-25(22)37-17-16-34)40-30(36)32-21-14-15-26-27(18-21)39-19-38-26/h3-7,9-15,18,20,29,34H,2,8,16-17,19,31H2,1H3,(H,32,36)(H,33,35)/b13-7+/t20-,29+/m0/s1. The van der Waals surface area contributed by atoms with Crippen LogP contribution in [-0.2, 0) is 9.53 Å². The zero-order chi connectivity index (χ0) is 28.3. The van der Waals surface area contributed by atoms with Gasteiger partial charge in [0.25, 0.3) is 0 Å². The Hall–Kier alpha value is -4.70. The minimum absolute atomic E-state index is 0.102. The minimum Gasteiger partial charge on any atom is -0.491 e. The van der Waals surface area contributed by atoms with Crippen LogP contribution < -0.4 is 30.6 Å². The molecule has 2 atom stereocenters. The maximum Gasteiger partial charge on any atom is 0.412 e. The third kappa shape index (κ3) is 7.67. The smallest absolute Gasteiger partial charge is 0.412 e. The molecule has 40 heavy (non-hydrogen) atoms. The topological polar surface area (TPSA) is 141 Å². The predicted molar refractivity (Wildman–Crippen MR) is 151 cm³/mol. The number of aliphatic hydroxyl groups is 1. The van der Waals surface area contributed by atoms with Crippen molar-refractivity contribution in [1.82, 2.24) is 0 Å². The molecule has 210 valence electrons. The van der Waals surface area contributed by atoms with Gasteiger partial charge in [-0.2, -0.15) is 0 Å². The molecule has 0 spiro atoms. The SMILES string of the molecule is C[C@@H](CC/C=C/C(=O)Nc1ccccc1N)[C@@H](OC(=O)Nc1ccc2c(c1)OCO2)c1ccccc1OCCO. The fourth-order valence-corrected chi connectivity index (χ4v) is 4.21. The minimum atomic E-state index is -0.671. The molecule has 4 rings (SSSR count). The maximum absolute atomic E-state index is 13.0. The molecule has 2 amide bonds. The van der Waals surface area contributed by atoms with E-state index in [0.717, 1.165) is 0 Å². The molecule has 10 nitrogen and oxygen atoms in total. The molecule has 1 aliphatic rings. The lowest BCUT2D eigenvalue weighted by Gasteiger charge is -2.26. The number of anilines is 3. The summed E-state index contributed by atoms with van der Waals surface area (Å²) in [4.78, 5) is 25.3. The van der Waals surface area contributed by atoms with Crippen molar-refractivity contribution in [2.24, 2.45) is 5.92 Å². The van der Waals surface area contributed by atoms with Crippen LogP contribution in [0.1, 0.15) is 31.4 Å². The molecule has 1 aliphatic heterocycles. The lowest BCUT2D eigenvalue weighted by Crippen LogP contribution is -2.22. The van der Waals surface area contributed by atoms with Crippen molar-refractivity contribution in [2.45, 2.75) is 25.9 Å². The Morgan fingerprint density at radius 1 is 1.05 bits per heavy atom. The van der Waals surface area contributed by atoms with E-state index < -0.39 is 12.2 Å². The first-order valence-electron chi connectivity index (χ1n) is 13.0. The Kier molecular flexibility index (Phi) is 9.84. The highest BCUT2D eigenvalue weighted by Crippen LogP contribution is 2.37. The molecule has 0 aliphatic carbocycles. The van der Waals surface area contributed by atoms with Crippen molar-refractivity contribution in [2.75, 3.05) is 36.4 Å². The number of nitrogen functional groups attached to an aromatic ring is 1. The van der Waals surface area contributed by atoms with Crippen LogP contribution in [0.25, 0.3) is 0 Å². The van der Waals surface area contributed by atoms with Gasteiger partial charge >= 0.3 is 6.09 Å². The van der Waals surface area contributed by atoms with Crippen molar-refractivity contribution in [3.63, 3.8) is 0 Å². The molecule has 0 aromatic heterocycles. The quantitative estimate of drug-likeness (QED) is 0.178. The monoisotopic (exact) mass is 547 g/mol. The number of amides is 2. The van der Waals surface area contributed by atoms with Crippen molar-refractivity contribution in [3.8, 4) is 17.2 Å². The van der Waals surface area contributed by atoms with Crippen LogP contribution in [0.5, 0.6) is 17.2 Å². The Morgan fingerprint density at radius 2 is 1.82 bits per heavy atom. The Bertz CT molecular complexity index is 1340. The summed E-state index contributed by atoms with van der Waals surface area (Å²) in [6.07, 6.45) is 3.07. The molecule has 0 saturated carbocycles. The molecule has 3 aromatic rings. The van der Waals surface area contributed by atoms with Crippen LogP contribution in [-0.4, -0.2) is 37.1 Å². The van der Waals surface area contributed by atoms with Gasteiger partial charge in [0.05, 0.1) is 18.0 Å². The number of rotatable bonds is 12. The van der Waals surface area contributed by atoms with Gasteiger partial charge < -0.3 is 35.1 Å². The summed E-state index contributed by atoms with van der Waals surface area (Å²) in [5.41, 5.74) is 8.09. The van der Waals surface area contributed by atoms with E-state index in [9.17, 15) is 14.7 Å². The summed E-state index contributed by atoms with van der Waals surface area (Å²) < 4.78 is 22.4. The summed E-state index contributed by atoms with van der Waals surface area (Å²) in [6, 6.07) is 19.4. The highest BCUT2D eigenvalue weighted by Gasteiger charge is 2.27. The highest BCUT2D eigenvalue weighted by molar-refractivity contribution is 6.01. The first kappa shape index (κ1) is 28.3. The Morgan fingerprint density at radius 3 is 2.65 bits per heavy atom. The van der Waals surface area contributed by atoms with Gasteiger partial charge in [0.2, 0.25) is 12.7 Å². The molecule has 0 radical (unpaired) electrons. The van der Waals surface area contributed by atoms with Crippen LogP contribution in [0.2, 0.25) is 0 Å². The van der Waals surface area contributed by atoms with Gasteiger partial charge in [0, 0.05) is 17.3 Å². The van der Waals surface area contributed by atoms with E-state index in [1.54, 1.807) is 54.6 Å². The molecule has 0 bridgehead atoms. The molecular weight excluding hydrogens is 514 g/mol. The third-order valence-corrected chi connectivity index (χ3v) is 6.22. The number of allylic oxidation sites excluding steroid dienone is 1. The van der Waals surface area contributed by atoms with E-state index >= 15 is 0 Å². The van der Waals surface area contributed by atoms with Crippen molar-refractivity contribution in [1.29, 1.82) is 0 Å². The van der Waals surface area contributed by atoms with Crippen LogP contribution in [0.4, 0.5) is 21.9 Å². The second-order valence-electron chi connectivity index (χ2n) is 9.16. The molecule has 5 N–H and O–H groups in total. The number of carbonyl (C=O) groups is 2. The lowest BCUT2D eigenvalue weighted by atomic mass is 9.92. The second-order valence-corrected chi connectivity index (χ2v) is 9.16. The van der Waals surface area contributed by atoms with Crippen LogP contribution >= 0.6 is 0 Å². The molecule has 0 fully saturated rings. The van der Waals surface area contributed by atoms with Crippen molar-refractivity contribution in [3.05, 3.63) is 84.4 Å². The Balaban J connectivity index is 1.42. The van der Waals surface area contributed by atoms with Gasteiger partial charge in [-0.25, -0.2) is 4.79 Å².